The molecule has 0 aromatic carbocycles. The number of anilines is 1. The van der Waals surface area contributed by atoms with Gasteiger partial charge in [0.1, 0.15) is 11.5 Å². The maximum Gasteiger partial charge on any atom is 0.227 e. The van der Waals surface area contributed by atoms with E-state index in [1.165, 1.54) is 12.6 Å². The molecule has 6 heterocycles. The lowest BCUT2D eigenvalue weighted by molar-refractivity contribution is -0.120. The van der Waals surface area contributed by atoms with Crippen molar-refractivity contribution in [2.45, 2.75) is 32.1 Å². The van der Waals surface area contributed by atoms with E-state index in [-0.39, 0.29) is 28.4 Å². The molecule has 39 heavy (non-hydrogen) atoms. The number of nitrogens with zero attached hydrogens (tertiary/aromatic N) is 5. The summed E-state index contributed by atoms with van der Waals surface area (Å²) in [5.74, 6) is -0.105. The monoisotopic (exact) mass is 538 g/mol. The highest BCUT2D eigenvalue weighted by Gasteiger charge is 2.23. The summed E-state index contributed by atoms with van der Waals surface area (Å²) in [6.07, 6.45) is 11.4. The SMILES string of the molecule is O=C(Nc1cncc(-c2cnc3n[nH]c(-c4nc5nccc(-c6cccs6)c5[nH]4)c3c2F)c1)C1CCCCC1. The molecule has 1 saturated carbocycles. The first-order valence-corrected chi connectivity index (χ1v) is 13.7. The highest BCUT2D eigenvalue weighted by molar-refractivity contribution is 7.13. The molecule has 1 aliphatic rings. The van der Waals surface area contributed by atoms with Gasteiger partial charge in [-0.15, -0.1) is 11.3 Å². The number of aromatic amines is 2. The van der Waals surface area contributed by atoms with Crippen molar-refractivity contribution in [2.24, 2.45) is 5.92 Å². The minimum absolute atomic E-state index is 0.00396. The Kier molecular flexibility index (Phi) is 5.85. The van der Waals surface area contributed by atoms with Crippen LogP contribution in [-0.2, 0) is 4.79 Å². The van der Waals surface area contributed by atoms with Gasteiger partial charge < -0.3 is 10.3 Å². The van der Waals surface area contributed by atoms with Crippen LogP contribution in [0.2, 0.25) is 0 Å². The van der Waals surface area contributed by atoms with E-state index < -0.39 is 5.82 Å². The summed E-state index contributed by atoms with van der Waals surface area (Å²) in [4.78, 5) is 34.8. The molecule has 3 N–H and O–H groups in total. The third-order valence-electron chi connectivity index (χ3n) is 7.23. The van der Waals surface area contributed by atoms with Gasteiger partial charge in [-0.1, -0.05) is 25.3 Å². The van der Waals surface area contributed by atoms with E-state index in [4.69, 9.17) is 0 Å². The van der Waals surface area contributed by atoms with Gasteiger partial charge in [0.15, 0.2) is 17.1 Å². The van der Waals surface area contributed by atoms with Gasteiger partial charge in [0.05, 0.1) is 22.8 Å². The first kappa shape index (κ1) is 23.6. The lowest BCUT2D eigenvalue weighted by Gasteiger charge is -2.20. The van der Waals surface area contributed by atoms with Crippen molar-refractivity contribution < 1.29 is 9.18 Å². The lowest BCUT2D eigenvalue weighted by Crippen LogP contribution is -2.24. The van der Waals surface area contributed by atoms with Crippen LogP contribution >= 0.6 is 11.3 Å². The molecule has 6 aromatic rings. The lowest BCUT2D eigenvalue weighted by atomic mass is 9.88. The Morgan fingerprint density at radius 2 is 1.95 bits per heavy atom. The van der Waals surface area contributed by atoms with Crippen LogP contribution in [0.15, 0.2) is 54.4 Å². The second-order valence-electron chi connectivity index (χ2n) is 9.69. The molecule has 1 amide bonds. The number of H-pyrrole nitrogens is 2. The second kappa shape index (κ2) is 9.66. The largest absolute Gasteiger partial charge is 0.335 e. The summed E-state index contributed by atoms with van der Waals surface area (Å²) in [7, 11) is 0. The van der Waals surface area contributed by atoms with Crippen LogP contribution < -0.4 is 5.32 Å². The Labute approximate surface area is 226 Å². The number of thiophene rings is 1. The molecule has 7 rings (SSSR count). The van der Waals surface area contributed by atoms with E-state index in [1.54, 1.807) is 36.0 Å². The first-order valence-electron chi connectivity index (χ1n) is 12.8. The van der Waals surface area contributed by atoms with E-state index >= 15 is 4.39 Å². The summed E-state index contributed by atoms with van der Waals surface area (Å²) in [6, 6.07) is 7.66. The molecular weight excluding hydrogens is 515 g/mol. The van der Waals surface area contributed by atoms with Gasteiger partial charge >= 0.3 is 0 Å². The average molecular weight is 539 g/mol. The quantitative estimate of drug-likeness (QED) is 0.235. The number of fused-ring (bicyclic) bond motifs is 2. The summed E-state index contributed by atoms with van der Waals surface area (Å²) < 4.78 is 16.1. The number of nitrogens with one attached hydrogen (secondary N) is 3. The Morgan fingerprint density at radius 3 is 2.79 bits per heavy atom. The molecule has 0 aliphatic heterocycles. The summed E-state index contributed by atoms with van der Waals surface area (Å²) in [5, 5.41) is 12.3. The van der Waals surface area contributed by atoms with Crippen LogP contribution in [0.3, 0.4) is 0 Å². The number of carbonyl (C=O) groups is 1. The standard InChI is InChI=1S/C28H23FN8OS/c29-22-19(16-11-17(13-30-12-16)33-28(38)15-5-2-1-3-6-15)14-32-25-21(22)24(36-37-25)27-34-23-18(20-7-4-10-39-20)8-9-31-26(23)35-27/h4,7-15H,1-3,5-6H2,(H,33,38)(H,31,34,35)(H,32,36,37). The summed E-state index contributed by atoms with van der Waals surface area (Å²) >= 11 is 1.62. The highest BCUT2D eigenvalue weighted by atomic mass is 32.1. The number of rotatable bonds is 5. The Bertz CT molecular complexity index is 1820. The molecule has 11 heteroatoms. The molecule has 0 unspecified atom stereocenters. The van der Waals surface area contributed by atoms with Crippen molar-refractivity contribution in [1.29, 1.82) is 0 Å². The molecule has 0 radical (unpaired) electrons. The van der Waals surface area contributed by atoms with Gasteiger partial charge in [-0.25, -0.2) is 19.3 Å². The van der Waals surface area contributed by atoms with Crippen LogP contribution in [0.1, 0.15) is 32.1 Å². The third kappa shape index (κ3) is 4.24. The third-order valence-corrected chi connectivity index (χ3v) is 8.13. The normalized spacial score (nSPS) is 14.3. The molecule has 6 aromatic heterocycles. The van der Waals surface area contributed by atoms with Crippen LogP contribution in [0, 0.1) is 11.7 Å². The van der Waals surface area contributed by atoms with Crippen LogP contribution in [0.4, 0.5) is 10.1 Å². The fourth-order valence-electron chi connectivity index (χ4n) is 5.25. The van der Waals surface area contributed by atoms with Gasteiger partial charge in [0.2, 0.25) is 5.91 Å². The maximum absolute atomic E-state index is 16.1. The molecule has 1 aliphatic carbocycles. The highest BCUT2D eigenvalue weighted by Crippen LogP contribution is 2.35. The fourth-order valence-corrected chi connectivity index (χ4v) is 6.01. The molecule has 9 nitrogen and oxygen atoms in total. The number of carbonyl (C=O) groups excluding carboxylic acids is 1. The van der Waals surface area contributed by atoms with E-state index in [0.717, 1.165) is 41.6 Å². The van der Waals surface area contributed by atoms with Crippen molar-refractivity contribution in [3.05, 3.63) is 60.3 Å². The number of imidazole rings is 1. The van der Waals surface area contributed by atoms with E-state index in [0.29, 0.717) is 28.4 Å². The minimum Gasteiger partial charge on any atom is -0.335 e. The topological polar surface area (TPSA) is 125 Å². The molecule has 0 bridgehead atoms. The van der Waals surface area contributed by atoms with Gasteiger partial charge in [-0.3, -0.25) is 14.9 Å². The number of aromatic nitrogens is 7. The van der Waals surface area contributed by atoms with E-state index in [9.17, 15) is 4.79 Å². The van der Waals surface area contributed by atoms with Gasteiger partial charge in [-0.2, -0.15) is 5.10 Å². The zero-order valence-corrected chi connectivity index (χ0v) is 21.6. The smallest absolute Gasteiger partial charge is 0.227 e. The zero-order chi connectivity index (χ0) is 26.3. The molecule has 0 atom stereocenters. The van der Waals surface area contributed by atoms with Crippen LogP contribution in [0.5, 0.6) is 0 Å². The summed E-state index contributed by atoms with van der Waals surface area (Å²) in [6.45, 7) is 0. The van der Waals surface area contributed by atoms with Crippen molar-refractivity contribution >= 4 is 45.1 Å². The van der Waals surface area contributed by atoms with Crippen molar-refractivity contribution in [2.75, 3.05) is 5.32 Å². The van der Waals surface area contributed by atoms with Gasteiger partial charge in [-0.05, 0) is 36.4 Å². The second-order valence-corrected chi connectivity index (χ2v) is 10.6. The number of amides is 1. The first-order chi connectivity index (χ1) is 19.2. The van der Waals surface area contributed by atoms with Gasteiger partial charge in [0, 0.05) is 46.1 Å². The van der Waals surface area contributed by atoms with Crippen LogP contribution in [0.25, 0.3) is 55.3 Å². The fraction of sp³-hybridized carbons (Fsp3) is 0.214. The van der Waals surface area contributed by atoms with Crippen molar-refractivity contribution in [3.8, 4) is 33.1 Å². The molecule has 1 fully saturated rings. The minimum atomic E-state index is -0.506. The molecule has 0 saturated heterocycles. The van der Waals surface area contributed by atoms with E-state index in [2.05, 4.69) is 40.4 Å². The molecular formula is C28H23FN8OS. The zero-order valence-electron chi connectivity index (χ0n) is 20.7. The number of halogens is 1. The predicted octanol–water partition coefficient (Wildman–Crippen LogP) is 6.34. The van der Waals surface area contributed by atoms with Crippen molar-refractivity contribution in [1.82, 2.24) is 35.1 Å². The molecule has 0 spiro atoms. The maximum atomic E-state index is 16.1. The number of hydrogen-bond donors (Lipinski definition) is 3. The Morgan fingerprint density at radius 1 is 1.05 bits per heavy atom. The van der Waals surface area contributed by atoms with E-state index in [1.807, 2.05) is 23.6 Å². The number of hydrogen-bond acceptors (Lipinski definition) is 7. The van der Waals surface area contributed by atoms with Crippen molar-refractivity contribution in [3.63, 3.8) is 0 Å². The van der Waals surface area contributed by atoms with Gasteiger partial charge in [0.25, 0.3) is 0 Å². The van der Waals surface area contributed by atoms with Crippen LogP contribution in [-0.4, -0.2) is 41.0 Å². The Hall–Kier alpha value is -4.51. The summed E-state index contributed by atoms with van der Waals surface area (Å²) in [5.41, 5.74) is 4.13. The predicted molar refractivity (Wildman–Crippen MR) is 148 cm³/mol. The molecule has 194 valence electrons. The Balaban J connectivity index is 1.26. The number of pyridine rings is 3. The average Bonchev–Trinajstić information content (AvgIpc) is 3.73.